The second-order valence-electron chi connectivity index (χ2n) is 20.0. The number of imidazole rings is 1. The molecule has 0 unspecified atom stereocenters. The van der Waals surface area contributed by atoms with Crippen LogP contribution in [-0.2, 0) is 55.1 Å². The number of carbonyl (C=O) groups is 5. The maximum absolute atomic E-state index is 15.3. The average molecular weight is 1050 g/mol. The first-order valence-electron chi connectivity index (χ1n) is 25.4. The van der Waals surface area contributed by atoms with E-state index in [1.165, 1.54) is 16.9 Å². The van der Waals surface area contributed by atoms with Gasteiger partial charge in [-0.25, -0.2) is 4.98 Å². The predicted molar refractivity (Wildman–Crippen MR) is 288 cm³/mol. The van der Waals surface area contributed by atoms with Crippen molar-refractivity contribution in [2.45, 2.75) is 108 Å². The molecule has 2 aliphatic rings. The largest absolute Gasteiger partial charge is 0.457 e. The summed E-state index contributed by atoms with van der Waals surface area (Å²) in [7, 11) is 10.8. The van der Waals surface area contributed by atoms with Gasteiger partial charge in [-0.2, -0.15) is 0 Å². The van der Waals surface area contributed by atoms with Gasteiger partial charge in [0.25, 0.3) is 0 Å². The minimum atomic E-state index is -1.19. The predicted octanol–water partition coefficient (Wildman–Crippen LogP) is 8.27. The van der Waals surface area contributed by atoms with Gasteiger partial charge < -0.3 is 39.4 Å². The summed E-state index contributed by atoms with van der Waals surface area (Å²) in [4.78, 5) is 85.3. The molecule has 2 heterocycles. The third-order valence-corrected chi connectivity index (χ3v) is 15.2. The van der Waals surface area contributed by atoms with Crippen molar-refractivity contribution >= 4 is 52.7 Å². The number of nitrogens with zero attached hydrogens (tertiary/aromatic N) is 6. The van der Waals surface area contributed by atoms with E-state index in [2.05, 4.69) is 27.0 Å². The fraction of sp³-hybridized carbons (Fsp3) is 0.439. The lowest BCUT2D eigenvalue weighted by atomic mass is 9.87. The van der Waals surface area contributed by atoms with E-state index in [9.17, 15) is 14.4 Å². The van der Waals surface area contributed by atoms with Crippen molar-refractivity contribution < 1.29 is 33.4 Å². The number of likely N-dealkylation sites (N-methyl/N-ethyl adjacent to an activating group) is 2. The summed E-state index contributed by atoms with van der Waals surface area (Å²) in [5.41, 5.74) is 4.13. The Morgan fingerprint density at radius 2 is 1.46 bits per heavy atom. The zero-order chi connectivity index (χ0) is 53.2. The van der Waals surface area contributed by atoms with Crippen LogP contribution in [0, 0.1) is 5.92 Å². The highest BCUT2D eigenvalue weighted by Gasteiger charge is 2.39. The number of rotatable bonds is 13. The quantitative estimate of drug-likeness (QED) is 0.118. The molecule has 1 saturated carbocycles. The summed E-state index contributed by atoms with van der Waals surface area (Å²) >= 11 is 12.9. The fourth-order valence-electron chi connectivity index (χ4n) is 10.1. The monoisotopic (exact) mass is 1050 g/mol. The molecule has 5 aromatic rings. The van der Waals surface area contributed by atoms with Crippen LogP contribution >= 0.6 is 23.2 Å². The molecule has 0 spiro atoms. The van der Waals surface area contributed by atoms with Gasteiger partial charge in [0, 0.05) is 74.4 Å². The highest BCUT2D eigenvalue weighted by Crippen LogP contribution is 2.34. The van der Waals surface area contributed by atoms with Gasteiger partial charge in [0.05, 0.1) is 43.0 Å². The van der Waals surface area contributed by atoms with Crippen LogP contribution in [0.15, 0.2) is 103 Å². The van der Waals surface area contributed by atoms with Gasteiger partial charge in [0.15, 0.2) is 0 Å². The molecule has 1 saturated heterocycles. The van der Waals surface area contributed by atoms with Gasteiger partial charge in [0.2, 0.25) is 29.5 Å². The molecule has 7 rings (SSSR count). The molecule has 1 aromatic heterocycles. The summed E-state index contributed by atoms with van der Waals surface area (Å²) in [5.74, 6) is -1.14. The normalized spacial score (nSPS) is 22.2. The molecular weight excluding hydrogens is 980 g/mol. The smallest absolute Gasteiger partial charge is 0.247 e. The molecule has 2 fully saturated rings. The molecule has 5 amide bonds. The Morgan fingerprint density at radius 1 is 0.784 bits per heavy atom. The van der Waals surface area contributed by atoms with Gasteiger partial charge in [-0.3, -0.25) is 28.9 Å². The summed E-state index contributed by atoms with van der Waals surface area (Å²) in [6.45, 7) is 3.39. The Balaban J connectivity index is 1.25. The third kappa shape index (κ3) is 13.7. The van der Waals surface area contributed by atoms with Crippen LogP contribution in [0.4, 0.5) is 0 Å². The molecule has 1 aliphatic carbocycles. The van der Waals surface area contributed by atoms with Crippen LogP contribution in [0.2, 0.25) is 10.0 Å². The standard InChI is InChI=1S/C57H70Cl2N8O7/c1-36(63(3)4)54-60-33-50(65(54)6)40-21-26-46(27-22-40)74-51-31-44(59)25-20-41(51)34-67-37(2)55(70)62-48(35-73-8)57(72)64(5)45(29-39-18-23-43(58)24-19-39)32-52(68)61-47-16-12-13-17-49(47)66(7)56(71)42(30-53(67)69)28-38-14-10-9-11-15-38/h9-11,14-15,18-27,31,33,36-37,42,45,47-49H,12-13,16-17,28-30,32,34-35H2,1-8H3,(H,61,68)(H,62,70)/t36-,37+,42-,45+,47+,48+,49+/m1/s1. The second-order valence-corrected chi connectivity index (χ2v) is 20.9. The molecule has 0 radical (unpaired) electrons. The summed E-state index contributed by atoms with van der Waals surface area (Å²) in [5, 5.41) is 7.08. The number of fused-ring (bicyclic) bond motifs is 1. The van der Waals surface area contributed by atoms with Crippen molar-refractivity contribution in [3.8, 4) is 22.8 Å². The van der Waals surface area contributed by atoms with E-state index >= 15 is 9.59 Å². The van der Waals surface area contributed by atoms with Crippen molar-refractivity contribution in [2.75, 3.05) is 41.9 Å². The summed E-state index contributed by atoms with van der Waals surface area (Å²) < 4.78 is 14.1. The molecule has 0 bridgehead atoms. The van der Waals surface area contributed by atoms with Gasteiger partial charge in [-0.15, -0.1) is 0 Å². The molecule has 1 aliphatic heterocycles. The summed E-state index contributed by atoms with van der Waals surface area (Å²) in [6.07, 6.45) is 5.13. The van der Waals surface area contributed by atoms with Crippen LogP contribution in [0.1, 0.15) is 80.9 Å². The van der Waals surface area contributed by atoms with Crippen LogP contribution in [0.5, 0.6) is 11.5 Å². The zero-order valence-electron chi connectivity index (χ0n) is 43.7. The van der Waals surface area contributed by atoms with Gasteiger partial charge >= 0.3 is 0 Å². The number of hydrogen-bond donors (Lipinski definition) is 2. The first kappa shape index (κ1) is 55.5. The molecular formula is C57H70Cl2N8O7. The van der Waals surface area contributed by atoms with E-state index in [-0.39, 0.29) is 62.4 Å². The first-order chi connectivity index (χ1) is 35.4. The van der Waals surface area contributed by atoms with Crippen LogP contribution in [0.3, 0.4) is 0 Å². The van der Waals surface area contributed by atoms with Crippen molar-refractivity contribution in [3.63, 3.8) is 0 Å². The van der Waals surface area contributed by atoms with E-state index in [0.29, 0.717) is 46.4 Å². The van der Waals surface area contributed by atoms with Crippen LogP contribution < -0.4 is 15.4 Å². The highest BCUT2D eigenvalue weighted by molar-refractivity contribution is 6.31. The van der Waals surface area contributed by atoms with Gasteiger partial charge in [0.1, 0.15) is 29.4 Å². The maximum Gasteiger partial charge on any atom is 0.247 e. The Morgan fingerprint density at radius 3 is 2.15 bits per heavy atom. The maximum atomic E-state index is 15.3. The molecule has 17 heteroatoms. The third-order valence-electron chi connectivity index (χ3n) is 14.8. The molecule has 4 aromatic carbocycles. The topological polar surface area (TPSA) is 159 Å². The SMILES string of the molecule is COC[C@@H]1NC(=O)[C@H](C)N(Cc2ccc(Cl)cc2Oc2ccc(-c3cnc([C@@H](C)N(C)C)n3C)cc2)C(=O)C[C@@H](Cc2ccccc2)C(=O)N(C)[C@H]2CCCC[C@@H]2NC(=O)C[C@H](Cc2ccc(Cl)cc2)N(C)C1=O. The van der Waals surface area contributed by atoms with Gasteiger partial charge in [-0.05, 0) is 113 Å². The van der Waals surface area contributed by atoms with Crippen molar-refractivity contribution in [1.82, 2.24) is 39.8 Å². The van der Waals surface area contributed by atoms with Crippen molar-refractivity contribution in [1.29, 1.82) is 0 Å². The van der Waals surface area contributed by atoms with Crippen molar-refractivity contribution in [3.05, 3.63) is 136 Å². The Hall–Kier alpha value is -6.26. The minimum Gasteiger partial charge on any atom is -0.457 e. The Bertz CT molecular complexity index is 2740. The van der Waals surface area contributed by atoms with Crippen LogP contribution in [0.25, 0.3) is 11.3 Å². The highest BCUT2D eigenvalue weighted by atomic mass is 35.5. The lowest BCUT2D eigenvalue weighted by molar-refractivity contribution is -0.147. The van der Waals surface area contributed by atoms with E-state index < -0.39 is 41.8 Å². The number of ether oxygens (including phenoxy) is 2. The number of nitrogens with one attached hydrogen (secondary N) is 2. The Kier molecular flexibility index (Phi) is 19.0. The van der Waals surface area contributed by atoms with E-state index in [1.54, 1.807) is 56.3 Å². The van der Waals surface area contributed by atoms with Crippen LogP contribution in [-0.4, -0.2) is 131 Å². The number of halogens is 2. The average Bonchev–Trinajstić information content (AvgIpc) is 3.77. The lowest BCUT2D eigenvalue weighted by Crippen LogP contribution is -2.58. The molecule has 2 N–H and O–H groups in total. The van der Waals surface area contributed by atoms with Gasteiger partial charge in [-0.1, -0.05) is 84.6 Å². The first-order valence-corrected chi connectivity index (χ1v) is 26.1. The number of carbonyl (C=O) groups excluding carboxylic acids is 5. The minimum absolute atomic E-state index is 0.0496. The number of hydrogen-bond acceptors (Lipinski definition) is 9. The zero-order valence-corrected chi connectivity index (χ0v) is 45.2. The molecule has 15 nitrogen and oxygen atoms in total. The number of methoxy groups -OCH3 is 1. The lowest BCUT2D eigenvalue weighted by Gasteiger charge is -2.40. The second kappa shape index (κ2) is 25.3. The summed E-state index contributed by atoms with van der Waals surface area (Å²) in [6, 6.07) is 25.8. The number of aromatic nitrogens is 2. The molecule has 7 atom stereocenters. The molecule has 74 heavy (non-hydrogen) atoms. The number of amides is 5. The van der Waals surface area contributed by atoms with E-state index in [0.717, 1.165) is 41.1 Å². The van der Waals surface area contributed by atoms with E-state index in [4.69, 9.17) is 37.7 Å². The van der Waals surface area contributed by atoms with E-state index in [1.807, 2.05) is 94.1 Å². The fourth-order valence-corrected chi connectivity index (χ4v) is 10.4. The Labute approximate surface area is 445 Å². The number of benzene rings is 4. The molecule has 394 valence electrons. The van der Waals surface area contributed by atoms with Crippen molar-refractivity contribution in [2.24, 2.45) is 13.0 Å².